The second-order valence-electron chi connectivity index (χ2n) is 4.57. The monoisotopic (exact) mass is 248 g/mol. The van der Waals surface area contributed by atoms with Crippen LogP contribution in [-0.2, 0) is 16.1 Å². The number of amides is 1. The van der Waals surface area contributed by atoms with Crippen LogP contribution in [0.4, 0.5) is 5.69 Å². The molecule has 0 aromatic heterocycles. The molecule has 0 atom stereocenters. The van der Waals surface area contributed by atoms with Crippen molar-refractivity contribution < 1.29 is 9.53 Å². The number of rotatable bonds is 5. The van der Waals surface area contributed by atoms with Gasteiger partial charge in [0, 0.05) is 25.9 Å². The lowest BCUT2D eigenvalue weighted by atomic mass is 10.2. The highest BCUT2D eigenvalue weighted by atomic mass is 16.5. The van der Waals surface area contributed by atoms with Crippen molar-refractivity contribution in [2.75, 3.05) is 32.1 Å². The molecule has 4 heteroatoms. The van der Waals surface area contributed by atoms with Gasteiger partial charge in [0.05, 0.1) is 13.2 Å². The van der Waals surface area contributed by atoms with E-state index >= 15 is 0 Å². The van der Waals surface area contributed by atoms with Gasteiger partial charge in [0.1, 0.15) is 0 Å². The maximum atomic E-state index is 11.9. The summed E-state index contributed by atoms with van der Waals surface area (Å²) in [5.41, 5.74) is 2.08. The summed E-state index contributed by atoms with van der Waals surface area (Å²) in [5, 5.41) is 3.17. The van der Waals surface area contributed by atoms with Crippen LogP contribution < -0.4 is 5.32 Å². The van der Waals surface area contributed by atoms with Crippen LogP contribution in [0.2, 0.25) is 0 Å². The third kappa shape index (κ3) is 3.47. The Morgan fingerprint density at radius 3 is 2.89 bits per heavy atom. The highest BCUT2D eigenvalue weighted by Gasteiger charge is 2.17. The van der Waals surface area contributed by atoms with Gasteiger partial charge in [-0.3, -0.25) is 4.79 Å². The van der Waals surface area contributed by atoms with E-state index in [1.165, 1.54) is 0 Å². The predicted octanol–water partition coefficient (Wildman–Crippen LogP) is 1.87. The molecule has 0 aliphatic carbocycles. The summed E-state index contributed by atoms with van der Waals surface area (Å²) in [6.07, 6.45) is 2.27. The molecule has 2 rings (SSSR count). The number of benzene rings is 1. The third-order valence-corrected chi connectivity index (χ3v) is 3.14. The molecule has 1 N–H and O–H groups in total. The molecule has 1 heterocycles. The first-order chi connectivity index (χ1) is 8.79. The molecular formula is C14H20N2O2. The average Bonchev–Trinajstić information content (AvgIpc) is 2.91. The van der Waals surface area contributed by atoms with Crippen LogP contribution >= 0.6 is 0 Å². The molecule has 0 unspecified atom stereocenters. The second-order valence-corrected chi connectivity index (χ2v) is 4.57. The van der Waals surface area contributed by atoms with Crippen LogP contribution in [0.15, 0.2) is 24.3 Å². The number of methoxy groups -OCH3 is 1. The van der Waals surface area contributed by atoms with E-state index in [0.717, 1.165) is 37.2 Å². The number of carbonyl (C=O) groups excluding carboxylic acids is 1. The van der Waals surface area contributed by atoms with E-state index < -0.39 is 0 Å². The summed E-state index contributed by atoms with van der Waals surface area (Å²) in [7, 11) is 1.68. The summed E-state index contributed by atoms with van der Waals surface area (Å²) in [6, 6.07) is 7.96. The lowest BCUT2D eigenvalue weighted by molar-refractivity contribution is -0.128. The lowest BCUT2D eigenvalue weighted by Gasteiger charge is -2.16. The van der Waals surface area contributed by atoms with Crippen LogP contribution in [0, 0.1) is 0 Å². The number of carbonyl (C=O) groups is 1. The van der Waals surface area contributed by atoms with Crippen LogP contribution in [0.25, 0.3) is 0 Å². The summed E-state index contributed by atoms with van der Waals surface area (Å²) >= 11 is 0. The maximum absolute atomic E-state index is 11.9. The molecule has 0 spiro atoms. The number of likely N-dealkylation sites (tertiary alicyclic amines) is 1. The number of nitrogens with one attached hydrogen (secondary N) is 1. The minimum absolute atomic E-state index is 0.185. The second kappa shape index (κ2) is 6.40. The Morgan fingerprint density at radius 1 is 1.39 bits per heavy atom. The normalized spacial score (nSPS) is 14.8. The third-order valence-electron chi connectivity index (χ3n) is 3.14. The van der Waals surface area contributed by atoms with Crippen molar-refractivity contribution in [3.63, 3.8) is 0 Å². The summed E-state index contributed by atoms with van der Waals surface area (Å²) in [4.78, 5) is 13.8. The lowest BCUT2D eigenvalue weighted by Crippen LogP contribution is -2.32. The zero-order valence-electron chi connectivity index (χ0n) is 10.8. The quantitative estimate of drug-likeness (QED) is 0.865. The molecule has 0 saturated carbocycles. The smallest absolute Gasteiger partial charge is 0.241 e. The molecule has 0 bridgehead atoms. The van der Waals surface area contributed by atoms with Gasteiger partial charge >= 0.3 is 0 Å². The van der Waals surface area contributed by atoms with Gasteiger partial charge in [0.15, 0.2) is 0 Å². The van der Waals surface area contributed by atoms with Gasteiger partial charge in [-0.2, -0.15) is 0 Å². The van der Waals surface area contributed by atoms with Crippen molar-refractivity contribution in [3.05, 3.63) is 29.8 Å². The fourth-order valence-electron chi connectivity index (χ4n) is 2.19. The molecular weight excluding hydrogens is 228 g/mol. The molecule has 1 fully saturated rings. The standard InChI is InChI=1S/C14H20N2O2/c1-18-11-12-5-4-6-13(9-12)15-10-14(17)16-7-2-3-8-16/h4-6,9,15H,2-3,7-8,10-11H2,1H3. The molecule has 1 amide bonds. The van der Waals surface area contributed by atoms with Gasteiger partial charge in [-0.05, 0) is 30.5 Å². The van der Waals surface area contributed by atoms with Crippen molar-refractivity contribution in [1.29, 1.82) is 0 Å². The fourth-order valence-corrected chi connectivity index (χ4v) is 2.19. The first-order valence-corrected chi connectivity index (χ1v) is 6.39. The van der Waals surface area contributed by atoms with Crippen molar-refractivity contribution in [2.45, 2.75) is 19.4 Å². The minimum Gasteiger partial charge on any atom is -0.380 e. The van der Waals surface area contributed by atoms with Gasteiger partial charge in [0.25, 0.3) is 0 Å². The number of hydrogen-bond acceptors (Lipinski definition) is 3. The topological polar surface area (TPSA) is 41.6 Å². The van der Waals surface area contributed by atoms with E-state index in [2.05, 4.69) is 5.32 Å². The zero-order valence-corrected chi connectivity index (χ0v) is 10.8. The number of anilines is 1. The van der Waals surface area contributed by atoms with Gasteiger partial charge in [-0.1, -0.05) is 12.1 Å². The number of hydrogen-bond donors (Lipinski definition) is 1. The Balaban J connectivity index is 1.85. The molecule has 18 heavy (non-hydrogen) atoms. The first-order valence-electron chi connectivity index (χ1n) is 6.39. The largest absolute Gasteiger partial charge is 0.380 e. The molecule has 1 aliphatic heterocycles. The molecule has 1 aromatic rings. The Kier molecular flexibility index (Phi) is 4.59. The van der Waals surface area contributed by atoms with E-state index in [1.54, 1.807) is 7.11 Å². The zero-order chi connectivity index (χ0) is 12.8. The summed E-state index contributed by atoms with van der Waals surface area (Å²) < 4.78 is 5.09. The van der Waals surface area contributed by atoms with Crippen LogP contribution in [0.5, 0.6) is 0 Å². The van der Waals surface area contributed by atoms with Crippen molar-refractivity contribution in [3.8, 4) is 0 Å². The predicted molar refractivity (Wildman–Crippen MR) is 71.5 cm³/mol. The van der Waals surface area contributed by atoms with Crippen molar-refractivity contribution in [1.82, 2.24) is 4.90 Å². The van der Waals surface area contributed by atoms with E-state index in [0.29, 0.717) is 13.2 Å². The van der Waals surface area contributed by atoms with E-state index in [4.69, 9.17) is 4.74 Å². The van der Waals surface area contributed by atoms with Crippen LogP contribution in [0.3, 0.4) is 0 Å². The first kappa shape index (κ1) is 12.9. The van der Waals surface area contributed by atoms with Gasteiger partial charge < -0.3 is 15.0 Å². The number of ether oxygens (including phenoxy) is 1. The Bertz CT molecular complexity index is 401. The fraction of sp³-hybridized carbons (Fsp3) is 0.500. The minimum atomic E-state index is 0.185. The molecule has 1 aliphatic rings. The molecule has 0 radical (unpaired) electrons. The van der Waals surface area contributed by atoms with Crippen molar-refractivity contribution >= 4 is 11.6 Å². The van der Waals surface area contributed by atoms with Crippen LogP contribution in [0.1, 0.15) is 18.4 Å². The molecule has 98 valence electrons. The van der Waals surface area contributed by atoms with Gasteiger partial charge in [-0.15, -0.1) is 0 Å². The summed E-state index contributed by atoms with van der Waals surface area (Å²) in [6.45, 7) is 2.78. The highest BCUT2D eigenvalue weighted by Crippen LogP contribution is 2.12. The SMILES string of the molecule is COCc1cccc(NCC(=O)N2CCCC2)c1. The van der Waals surface area contributed by atoms with Gasteiger partial charge in [0.2, 0.25) is 5.91 Å². The van der Waals surface area contributed by atoms with E-state index in [1.807, 2.05) is 29.2 Å². The van der Waals surface area contributed by atoms with E-state index in [-0.39, 0.29) is 5.91 Å². The van der Waals surface area contributed by atoms with Gasteiger partial charge in [-0.25, -0.2) is 0 Å². The summed E-state index contributed by atoms with van der Waals surface area (Å²) in [5.74, 6) is 0.185. The maximum Gasteiger partial charge on any atom is 0.241 e. The molecule has 1 saturated heterocycles. The molecule has 1 aromatic carbocycles. The van der Waals surface area contributed by atoms with Crippen LogP contribution in [-0.4, -0.2) is 37.6 Å². The molecule has 4 nitrogen and oxygen atoms in total. The average molecular weight is 248 g/mol. The Morgan fingerprint density at radius 2 is 2.17 bits per heavy atom. The number of nitrogens with zero attached hydrogens (tertiary/aromatic N) is 1. The van der Waals surface area contributed by atoms with E-state index in [9.17, 15) is 4.79 Å². The Hall–Kier alpha value is -1.55. The highest BCUT2D eigenvalue weighted by molar-refractivity contribution is 5.81. The Labute approximate surface area is 108 Å². The van der Waals surface area contributed by atoms with Crippen molar-refractivity contribution in [2.24, 2.45) is 0 Å².